The van der Waals surface area contributed by atoms with E-state index in [1.54, 1.807) is 24.4 Å². The summed E-state index contributed by atoms with van der Waals surface area (Å²) in [7, 11) is 2.11. The maximum atomic E-state index is 12.5. The summed E-state index contributed by atoms with van der Waals surface area (Å²) in [6, 6.07) is 9.01. The predicted octanol–water partition coefficient (Wildman–Crippen LogP) is 2.93. The summed E-state index contributed by atoms with van der Waals surface area (Å²) < 4.78 is 0. The van der Waals surface area contributed by atoms with E-state index in [0.29, 0.717) is 11.5 Å². The summed E-state index contributed by atoms with van der Waals surface area (Å²) in [4.78, 5) is 26.7. The molecule has 6 nitrogen and oxygen atoms in total. The first kappa shape index (κ1) is 15.5. The average Bonchev–Trinajstić information content (AvgIpc) is 3.06. The van der Waals surface area contributed by atoms with Crippen molar-refractivity contribution in [1.82, 2.24) is 19.9 Å². The molecule has 0 aliphatic carbocycles. The van der Waals surface area contributed by atoms with Gasteiger partial charge >= 0.3 is 0 Å². The highest BCUT2D eigenvalue weighted by molar-refractivity contribution is 6.04. The van der Waals surface area contributed by atoms with Gasteiger partial charge in [0.2, 0.25) is 0 Å². The Morgan fingerprint density at radius 3 is 2.96 bits per heavy atom. The lowest BCUT2D eigenvalue weighted by Gasteiger charge is -2.21. The fourth-order valence-corrected chi connectivity index (χ4v) is 3.00. The van der Waals surface area contributed by atoms with E-state index in [4.69, 9.17) is 0 Å². The highest BCUT2D eigenvalue weighted by atomic mass is 16.1. The van der Waals surface area contributed by atoms with Gasteiger partial charge in [0.1, 0.15) is 11.5 Å². The molecular weight excluding hydrogens is 314 g/mol. The molecule has 1 aliphatic rings. The van der Waals surface area contributed by atoms with Gasteiger partial charge in [0, 0.05) is 31.0 Å². The summed E-state index contributed by atoms with van der Waals surface area (Å²) in [5.74, 6) is 0.256. The minimum absolute atomic E-state index is 0.259. The molecule has 0 fully saturated rings. The summed E-state index contributed by atoms with van der Waals surface area (Å²) in [6.45, 7) is 1.96. The van der Waals surface area contributed by atoms with Crippen LogP contribution >= 0.6 is 0 Å². The number of nitrogens with zero attached hydrogens (tertiary/aromatic N) is 3. The number of fused-ring (bicyclic) bond motifs is 1. The quantitative estimate of drug-likeness (QED) is 0.773. The Morgan fingerprint density at radius 1 is 1.28 bits per heavy atom. The van der Waals surface area contributed by atoms with Crippen LogP contribution in [-0.4, -0.2) is 45.9 Å². The Labute approximate surface area is 145 Å². The topological polar surface area (TPSA) is 73.9 Å². The van der Waals surface area contributed by atoms with E-state index in [1.807, 2.05) is 18.3 Å². The first-order valence-corrected chi connectivity index (χ1v) is 8.29. The van der Waals surface area contributed by atoms with Crippen LogP contribution in [0.4, 0.5) is 5.82 Å². The number of H-pyrrole nitrogens is 1. The predicted molar refractivity (Wildman–Crippen MR) is 98.4 cm³/mol. The van der Waals surface area contributed by atoms with Crippen molar-refractivity contribution in [2.24, 2.45) is 0 Å². The first-order valence-electron chi connectivity index (χ1n) is 8.29. The van der Waals surface area contributed by atoms with Gasteiger partial charge in [-0.3, -0.25) is 4.79 Å². The van der Waals surface area contributed by atoms with Crippen molar-refractivity contribution in [1.29, 1.82) is 0 Å². The number of anilines is 1. The Kier molecular flexibility index (Phi) is 4.03. The van der Waals surface area contributed by atoms with Gasteiger partial charge in [0.25, 0.3) is 5.91 Å². The molecule has 0 atom stereocenters. The second-order valence-corrected chi connectivity index (χ2v) is 6.21. The van der Waals surface area contributed by atoms with Gasteiger partial charge in [-0.05, 0) is 43.3 Å². The van der Waals surface area contributed by atoms with Gasteiger partial charge in [-0.15, -0.1) is 0 Å². The molecule has 25 heavy (non-hydrogen) atoms. The number of rotatable bonds is 3. The van der Waals surface area contributed by atoms with E-state index in [2.05, 4.69) is 38.3 Å². The van der Waals surface area contributed by atoms with E-state index in [0.717, 1.165) is 36.1 Å². The van der Waals surface area contributed by atoms with Gasteiger partial charge in [-0.25, -0.2) is 9.97 Å². The molecule has 0 spiro atoms. The van der Waals surface area contributed by atoms with E-state index < -0.39 is 0 Å². The number of amides is 1. The van der Waals surface area contributed by atoms with Crippen molar-refractivity contribution in [2.75, 3.05) is 25.5 Å². The zero-order valence-electron chi connectivity index (χ0n) is 14.0. The second kappa shape index (κ2) is 6.49. The SMILES string of the molecule is CN1CC=C(c2c[nH]c3ccc(C(=O)Nc4ccccn4)nc23)CC1. The number of hydrogen-bond acceptors (Lipinski definition) is 4. The van der Waals surface area contributed by atoms with Crippen molar-refractivity contribution in [3.63, 3.8) is 0 Å². The lowest BCUT2D eigenvalue weighted by molar-refractivity contribution is 0.102. The Bertz CT molecular complexity index is 945. The number of pyridine rings is 2. The summed E-state index contributed by atoms with van der Waals surface area (Å²) in [6.07, 6.45) is 6.84. The number of aromatic amines is 1. The van der Waals surface area contributed by atoms with Crippen molar-refractivity contribution >= 4 is 28.3 Å². The van der Waals surface area contributed by atoms with Crippen molar-refractivity contribution in [2.45, 2.75) is 6.42 Å². The zero-order chi connectivity index (χ0) is 17.2. The maximum absolute atomic E-state index is 12.5. The molecule has 126 valence electrons. The smallest absolute Gasteiger partial charge is 0.275 e. The van der Waals surface area contributed by atoms with Crippen LogP contribution in [0.2, 0.25) is 0 Å². The molecule has 0 unspecified atom stereocenters. The zero-order valence-corrected chi connectivity index (χ0v) is 14.0. The molecule has 1 amide bonds. The van der Waals surface area contributed by atoms with Gasteiger partial charge in [0.15, 0.2) is 0 Å². The Hall–Kier alpha value is -2.99. The average molecular weight is 333 g/mol. The van der Waals surface area contributed by atoms with E-state index in [-0.39, 0.29) is 5.91 Å². The highest BCUT2D eigenvalue weighted by Crippen LogP contribution is 2.28. The summed E-state index contributed by atoms with van der Waals surface area (Å²) >= 11 is 0. The standard InChI is InChI=1S/C19H19N5O/c1-24-10-7-13(8-11-24)14-12-21-15-5-6-16(22-18(14)15)19(25)23-17-4-2-3-9-20-17/h2-7,9,12,21H,8,10-11H2,1H3,(H,20,23,25). The van der Waals surface area contributed by atoms with Crippen LogP contribution in [0, 0.1) is 0 Å². The van der Waals surface area contributed by atoms with Crippen LogP contribution in [0.15, 0.2) is 48.8 Å². The lowest BCUT2D eigenvalue weighted by Crippen LogP contribution is -2.23. The fraction of sp³-hybridized carbons (Fsp3) is 0.211. The normalized spacial score (nSPS) is 15.2. The molecular formula is C19H19N5O. The van der Waals surface area contributed by atoms with Crippen LogP contribution in [0.5, 0.6) is 0 Å². The minimum atomic E-state index is -0.259. The maximum Gasteiger partial charge on any atom is 0.275 e. The molecule has 4 heterocycles. The van der Waals surface area contributed by atoms with Gasteiger partial charge in [0.05, 0.1) is 11.0 Å². The minimum Gasteiger partial charge on any atom is -0.359 e. The lowest BCUT2D eigenvalue weighted by atomic mass is 10.0. The molecule has 1 aliphatic heterocycles. The molecule has 3 aromatic heterocycles. The molecule has 0 radical (unpaired) electrons. The number of aromatic nitrogens is 3. The molecule has 4 rings (SSSR count). The largest absolute Gasteiger partial charge is 0.359 e. The van der Waals surface area contributed by atoms with Crippen LogP contribution in [0.25, 0.3) is 16.6 Å². The second-order valence-electron chi connectivity index (χ2n) is 6.21. The van der Waals surface area contributed by atoms with Gasteiger partial charge < -0.3 is 15.2 Å². The van der Waals surface area contributed by atoms with Crippen molar-refractivity contribution in [3.05, 3.63) is 60.1 Å². The number of nitrogens with one attached hydrogen (secondary N) is 2. The van der Waals surface area contributed by atoms with E-state index in [1.165, 1.54) is 5.57 Å². The van der Waals surface area contributed by atoms with Crippen LogP contribution in [-0.2, 0) is 0 Å². The number of carbonyl (C=O) groups is 1. The van der Waals surface area contributed by atoms with Gasteiger partial charge in [-0.2, -0.15) is 0 Å². The van der Waals surface area contributed by atoms with Crippen LogP contribution in [0.3, 0.4) is 0 Å². The third kappa shape index (κ3) is 3.16. The van der Waals surface area contributed by atoms with Crippen LogP contribution in [0.1, 0.15) is 22.5 Å². The van der Waals surface area contributed by atoms with Crippen molar-refractivity contribution < 1.29 is 4.79 Å². The molecule has 3 aromatic rings. The fourth-order valence-electron chi connectivity index (χ4n) is 3.00. The molecule has 6 heteroatoms. The van der Waals surface area contributed by atoms with E-state index in [9.17, 15) is 4.79 Å². The third-order valence-corrected chi connectivity index (χ3v) is 4.42. The van der Waals surface area contributed by atoms with E-state index >= 15 is 0 Å². The summed E-state index contributed by atoms with van der Waals surface area (Å²) in [5.41, 5.74) is 4.51. The highest BCUT2D eigenvalue weighted by Gasteiger charge is 2.16. The van der Waals surface area contributed by atoms with Gasteiger partial charge in [-0.1, -0.05) is 12.1 Å². The molecule has 2 N–H and O–H groups in total. The molecule has 0 aromatic carbocycles. The molecule has 0 saturated heterocycles. The number of carbonyl (C=O) groups excluding carboxylic acids is 1. The number of hydrogen-bond donors (Lipinski definition) is 2. The third-order valence-electron chi connectivity index (χ3n) is 4.42. The monoisotopic (exact) mass is 333 g/mol. The Morgan fingerprint density at radius 2 is 2.20 bits per heavy atom. The first-order chi connectivity index (χ1) is 12.2. The Balaban J connectivity index is 1.65. The molecule has 0 saturated carbocycles. The van der Waals surface area contributed by atoms with Crippen molar-refractivity contribution in [3.8, 4) is 0 Å². The molecule has 0 bridgehead atoms. The number of likely N-dealkylation sites (N-methyl/N-ethyl adjacent to an activating group) is 1. The van der Waals surface area contributed by atoms with Crippen LogP contribution < -0.4 is 5.32 Å². The summed E-state index contributed by atoms with van der Waals surface area (Å²) in [5, 5.41) is 2.78.